The summed E-state index contributed by atoms with van der Waals surface area (Å²) in [6.45, 7) is 4.54. The highest BCUT2D eigenvalue weighted by Crippen LogP contribution is 2.26. The lowest BCUT2D eigenvalue weighted by Gasteiger charge is -2.19. The predicted octanol–water partition coefficient (Wildman–Crippen LogP) is 3.00. The van der Waals surface area contributed by atoms with E-state index in [2.05, 4.69) is 5.32 Å². The first-order chi connectivity index (χ1) is 10.0. The number of amides is 2. The van der Waals surface area contributed by atoms with Gasteiger partial charge in [0.2, 0.25) is 11.8 Å². The molecule has 1 aliphatic heterocycles. The van der Waals surface area contributed by atoms with Gasteiger partial charge in [0.25, 0.3) is 0 Å². The fourth-order valence-electron chi connectivity index (χ4n) is 2.57. The van der Waals surface area contributed by atoms with Crippen LogP contribution in [0.2, 0.25) is 5.02 Å². The Kier molecular flexibility index (Phi) is 5.23. The van der Waals surface area contributed by atoms with E-state index in [1.807, 2.05) is 13.8 Å². The van der Waals surface area contributed by atoms with Gasteiger partial charge in [0.05, 0.1) is 5.92 Å². The molecule has 1 fully saturated rings. The van der Waals surface area contributed by atoms with Crippen LogP contribution in [0.3, 0.4) is 0 Å². The van der Waals surface area contributed by atoms with E-state index in [0.29, 0.717) is 11.6 Å². The molecular formula is C16H21ClN2O2. The van der Waals surface area contributed by atoms with Crippen molar-refractivity contribution in [2.45, 2.75) is 39.2 Å². The molecule has 1 aromatic carbocycles. The lowest BCUT2D eigenvalue weighted by atomic mass is 10.1. The molecular weight excluding hydrogens is 288 g/mol. The number of rotatable bonds is 5. The van der Waals surface area contributed by atoms with Crippen molar-refractivity contribution in [2.24, 2.45) is 5.92 Å². The normalized spacial score (nSPS) is 18.4. The SMILES string of the molecule is CCC(CC)NC(=O)[C@H]1CC(=O)N(c2ccc(Cl)cc2)C1. The number of hydrogen-bond donors (Lipinski definition) is 1. The van der Waals surface area contributed by atoms with Crippen LogP contribution in [0.15, 0.2) is 24.3 Å². The third-order valence-corrected chi connectivity index (χ3v) is 4.22. The molecule has 0 aromatic heterocycles. The van der Waals surface area contributed by atoms with E-state index in [1.165, 1.54) is 0 Å². The lowest BCUT2D eigenvalue weighted by molar-refractivity contribution is -0.127. The van der Waals surface area contributed by atoms with Gasteiger partial charge < -0.3 is 10.2 Å². The van der Waals surface area contributed by atoms with Crippen molar-refractivity contribution in [3.8, 4) is 0 Å². The van der Waals surface area contributed by atoms with Gasteiger partial charge in [-0.1, -0.05) is 25.4 Å². The highest BCUT2D eigenvalue weighted by atomic mass is 35.5. The van der Waals surface area contributed by atoms with Gasteiger partial charge in [0.15, 0.2) is 0 Å². The van der Waals surface area contributed by atoms with Crippen LogP contribution < -0.4 is 10.2 Å². The first-order valence-electron chi connectivity index (χ1n) is 7.41. The number of anilines is 1. The Hall–Kier alpha value is -1.55. The molecule has 5 heteroatoms. The summed E-state index contributed by atoms with van der Waals surface area (Å²) in [4.78, 5) is 26.0. The average Bonchev–Trinajstić information content (AvgIpc) is 2.87. The summed E-state index contributed by atoms with van der Waals surface area (Å²) >= 11 is 5.86. The van der Waals surface area contributed by atoms with Gasteiger partial charge in [-0.25, -0.2) is 0 Å². The van der Waals surface area contributed by atoms with E-state index < -0.39 is 0 Å². The Morgan fingerprint density at radius 3 is 2.52 bits per heavy atom. The van der Waals surface area contributed by atoms with Crippen LogP contribution in [0.25, 0.3) is 0 Å². The van der Waals surface area contributed by atoms with E-state index in [4.69, 9.17) is 11.6 Å². The predicted molar refractivity (Wildman–Crippen MR) is 84.4 cm³/mol. The van der Waals surface area contributed by atoms with Gasteiger partial charge in [-0.2, -0.15) is 0 Å². The number of carbonyl (C=O) groups excluding carboxylic acids is 2. The molecule has 21 heavy (non-hydrogen) atoms. The monoisotopic (exact) mass is 308 g/mol. The Morgan fingerprint density at radius 2 is 1.95 bits per heavy atom. The zero-order valence-corrected chi connectivity index (χ0v) is 13.2. The summed E-state index contributed by atoms with van der Waals surface area (Å²) in [6.07, 6.45) is 2.09. The second kappa shape index (κ2) is 6.94. The molecule has 1 N–H and O–H groups in total. The van der Waals surface area contributed by atoms with Crippen LogP contribution in [0.5, 0.6) is 0 Å². The third kappa shape index (κ3) is 3.76. The minimum absolute atomic E-state index is 0.0120. The number of hydrogen-bond acceptors (Lipinski definition) is 2. The summed E-state index contributed by atoms with van der Waals surface area (Å²) < 4.78 is 0. The molecule has 0 saturated carbocycles. The van der Waals surface area contributed by atoms with E-state index in [1.54, 1.807) is 29.2 Å². The van der Waals surface area contributed by atoms with Crippen molar-refractivity contribution in [1.29, 1.82) is 0 Å². The summed E-state index contributed by atoms with van der Waals surface area (Å²) in [5.74, 6) is -0.302. The minimum Gasteiger partial charge on any atom is -0.353 e. The van der Waals surface area contributed by atoms with E-state index >= 15 is 0 Å². The minimum atomic E-state index is -0.270. The van der Waals surface area contributed by atoms with Crippen molar-refractivity contribution >= 4 is 29.1 Å². The Bertz CT molecular complexity index is 512. The van der Waals surface area contributed by atoms with Crippen LogP contribution >= 0.6 is 11.6 Å². The number of nitrogens with one attached hydrogen (secondary N) is 1. The van der Waals surface area contributed by atoms with Crippen LogP contribution in [-0.4, -0.2) is 24.4 Å². The molecule has 1 aliphatic rings. The summed E-state index contributed by atoms with van der Waals surface area (Å²) in [6, 6.07) is 7.31. The van der Waals surface area contributed by atoms with Crippen LogP contribution in [0, 0.1) is 5.92 Å². The molecule has 0 bridgehead atoms. The zero-order chi connectivity index (χ0) is 15.4. The first kappa shape index (κ1) is 15.8. The third-order valence-electron chi connectivity index (χ3n) is 3.97. The molecule has 1 heterocycles. The van der Waals surface area contributed by atoms with Crippen LogP contribution in [0.1, 0.15) is 33.1 Å². The lowest BCUT2D eigenvalue weighted by Crippen LogP contribution is -2.39. The van der Waals surface area contributed by atoms with Crippen molar-refractivity contribution in [3.05, 3.63) is 29.3 Å². The molecule has 1 saturated heterocycles. The fraction of sp³-hybridized carbons (Fsp3) is 0.500. The van der Waals surface area contributed by atoms with Gasteiger partial charge in [-0.15, -0.1) is 0 Å². The Labute approximate surface area is 130 Å². The van der Waals surface area contributed by atoms with Gasteiger partial charge in [-0.3, -0.25) is 9.59 Å². The molecule has 2 rings (SSSR count). The topological polar surface area (TPSA) is 49.4 Å². The zero-order valence-electron chi connectivity index (χ0n) is 12.4. The van der Waals surface area contributed by atoms with Crippen LogP contribution in [0.4, 0.5) is 5.69 Å². The summed E-state index contributed by atoms with van der Waals surface area (Å²) in [5.41, 5.74) is 0.794. The quantitative estimate of drug-likeness (QED) is 0.909. The smallest absolute Gasteiger partial charge is 0.227 e. The van der Waals surface area contributed by atoms with Gasteiger partial charge in [0, 0.05) is 29.7 Å². The highest BCUT2D eigenvalue weighted by Gasteiger charge is 2.35. The van der Waals surface area contributed by atoms with Gasteiger partial charge in [0.1, 0.15) is 0 Å². The van der Waals surface area contributed by atoms with Gasteiger partial charge >= 0.3 is 0 Å². The van der Waals surface area contributed by atoms with Crippen molar-refractivity contribution in [1.82, 2.24) is 5.32 Å². The Balaban J connectivity index is 2.02. The maximum absolute atomic E-state index is 12.2. The standard InChI is InChI=1S/C16H21ClN2O2/c1-3-13(4-2)18-16(21)11-9-15(20)19(10-11)14-7-5-12(17)6-8-14/h5-8,11,13H,3-4,9-10H2,1-2H3,(H,18,21)/t11-/m0/s1. The maximum Gasteiger partial charge on any atom is 0.227 e. The highest BCUT2D eigenvalue weighted by molar-refractivity contribution is 6.30. The second-order valence-corrected chi connectivity index (χ2v) is 5.84. The van der Waals surface area contributed by atoms with Gasteiger partial charge in [-0.05, 0) is 37.1 Å². The molecule has 0 radical (unpaired) electrons. The first-order valence-corrected chi connectivity index (χ1v) is 7.79. The second-order valence-electron chi connectivity index (χ2n) is 5.40. The number of carbonyl (C=O) groups is 2. The van der Waals surface area contributed by atoms with E-state index in [9.17, 15) is 9.59 Å². The number of nitrogens with zero attached hydrogens (tertiary/aromatic N) is 1. The molecule has 0 spiro atoms. The molecule has 114 valence electrons. The fourth-order valence-corrected chi connectivity index (χ4v) is 2.69. The molecule has 4 nitrogen and oxygen atoms in total. The molecule has 2 amide bonds. The van der Waals surface area contributed by atoms with Crippen molar-refractivity contribution < 1.29 is 9.59 Å². The largest absolute Gasteiger partial charge is 0.353 e. The molecule has 1 aromatic rings. The Morgan fingerprint density at radius 1 is 1.33 bits per heavy atom. The molecule has 1 atom stereocenters. The average molecular weight is 309 g/mol. The molecule has 0 unspecified atom stereocenters. The molecule has 0 aliphatic carbocycles. The van der Waals surface area contributed by atoms with Crippen molar-refractivity contribution in [3.63, 3.8) is 0 Å². The summed E-state index contributed by atoms with van der Waals surface area (Å²) in [7, 11) is 0. The number of benzene rings is 1. The van der Waals surface area contributed by atoms with Crippen LogP contribution in [-0.2, 0) is 9.59 Å². The summed E-state index contributed by atoms with van der Waals surface area (Å²) in [5, 5.41) is 3.65. The maximum atomic E-state index is 12.2. The number of halogens is 1. The van der Waals surface area contributed by atoms with E-state index in [-0.39, 0.29) is 30.2 Å². The van der Waals surface area contributed by atoms with E-state index in [0.717, 1.165) is 18.5 Å². The van der Waals surface area contributed by atoms with Crippen molar-refractivity contribution in [2.75, 3.05) is 11.4 Å².